The van der Waals surface area contributed by atoms with Gasteiger partial charge in [-0.3, -0.25) is 0 Å². The molecule has 0 saturated heterocycles. The molecule has 0 aliphatic carbocycles. The quantitative estimate of drug-likeness (QED) is 0.579. The van der Waals surface area contributed by atoms with Crippen molar-refractivity contribution >= 4 is 22.6 Å². The standard InChI is InChI=1S/C24H29N3O/c1-15(2)17-9-7-10-18(16(3)4)23(17)26-24(28)27-13-12-20-19-8-5-6-11-21(19)25-22(20)14-27/h5-11,15-16,25H,12-14H2,1-4H3,(H,26,28). The summed E-state index contributed by atoms with van der Waals surface area (Å²) >= 11 is 0. The Morgan fingerprint density at radius 2 is 1.68 bits per heavy atom. The van der Waals surface area contributed by atoms with E-state index in [2.05, 4.69) is 74.4 Å². The smallest absolute Gasteiger partial charge is 0.322 e. The molecule has 0 atom stereocenters. The van der Waals surface area contributed by atoms with Crippen LogP contribution in [0.25, 0.3) is 10.9 Å². The van der Waals surface area contributed by atoms with Gasteiger partial charge in [0.15, 0.2) is 0 Å². The Hall–Kier alpha value is -2.75. The molecule has 1 aromatic heterocycles. The van der Waals surface area contributed by atoms with Gasteiger partial charge in [0.2, 0.25) is 0 Å². The molecule has 4 rings (SSSR count). The summed E-state index contributed by atoms with van der Waals surface area (Å²) in [6, 6.07) is 14.7. The molecule has 2 aromatic carbocycles. The number of nitrogens with one attached hydrogen (secondary N) is 2. The second-order valence-corrected chi connectivity index (χ2v) is 8.35. The van der Waals surface area contributed by atoms with Crippen molar-refractivity contribution in [2.45, 2.75) is 52.5 Å². The van der Waals surface area contributed by atoms with E-state index in [1.54, 1.807) is 0 Å². The number of carbonyl (C=O) groups excluding carboxylic acids is 1. The number of hydrogen-bond acceptors (Lipinski definition) is 1. The summed E-state index contributed by atoms with van der Waals surface area (Å²) < 4.78 is 0. The normalized spacial score (nSPS) is 14.0. The van der Waals surface area contributed by atoms with Gasteiger partial charge in [0.1, 0.15) is 0 Å². The molecule has 1 aliphatic rings. The molecule has 146 valence electrons. The Morgan fingerprint density at radius 3 is 2.36 bits per heavy atom. The number of nitrogens with zero attached hydrogens (tertiary/aromatic N) is 1. The van der Waals surface area contributed by atoms with Crippen molar-refractivity contribution in [1.29, 1.82) is 0 Å². The number of H-pyrrole nitrogens is 1. The van der Waals surface area contributed by atoms with E-state index in [9.17, 15) is 4.79 Å². The molecule has 0 spiro atoms. The van der Waals surface area contributed by atoms with Crippen LogP contribution in [0.15, 0.2) is 42.5 Å². The maximum absolute atomic E-state index is 13.1. The van der Waals surface area contributed by atoms with E-state index in [1.165, 1.54) is 22.1 Å². The van der Waals surface area contributed by atoms with Gasteiger partial charge in [-0.1, -0.05) is 64.1 Å². The van der Waals surface area contributed by atoms with Crippen LogP contribution in [0.2, 0.25) is 0 Å². The van der Waals surface area contributed by atoms with Gasteiger partial charge < -0.3 is 15.2 Å². The average molecular weight is 376 g/mol. The Kier molecular flexibility index (Phi) is 4.88. The van der Waals surface area contributed by atoms with E-state index in [-0.39, 0.29) is 6.03 Å². The van der Waals surface area contributed by atoms with E-state index >= 15 is 0 Å². The van der Waals surface area contributed by atoms with Crippen molar-refractivity contribution in [2.75, 3.05) is 11.9 Å². The second-order valence-electron chi connectivity index (χ2n) is 8.35. The molecule has 0 saturated carbocycles. The van der Waals surface area contributed by atoms with E-state index in [1.807, 2.05) is 11.0 Å². The molecule has 2 heterocycles. The van der Waals surface area contributed by atoms with Gasteiger partial charge in [-0.25, -0.2) is 4.79 Å². The lowest BCUT2D eigenvalue weighted by molar-refractivity contribution is 0.206. The highest BCUT2D eigenvalue weighted by Gasteiger charge is 2.25. The number of benzene rings is 2. The molecule has 4 heteroatoms. The van der Waals surface area contributed by atoms with Crippen molar-refractivity contribution in [3.8, 4) is 0 Å². The van der Waals surface area contributed by atoms with Crippen LogP contribution < -0.4 is 5.32 Å². The largest absolute Gasteiger partial charge is 0.357 e. The molecule has 2 amide bonds. The van der Waals surface area contributed by atoms with Crippen LogP contribution in [0.1, 0.15) is 61.9 Å². The number of fused-ring (bicyclic) bond motifs is 3. The van der Waals surface area contributed by atoms with Gasteiger partial charge in [-0.2, -0.15) is 0 Å². The fourth-order valence-corrected chi connectivity index (χ4v) is 4.25. The highest BCUT2D eigenvalue weighted by Crippen LogP contribution is 2.33. The van der Waals surface area contributed by atoms with Gasteiger partial charge >= 0.3 is 6.03 Å². The maximum Gasteiger partial charge on any atom is 0.322 e. The van der Waals surface area contributed by atoms with E-state index in [4.69, 9.17) is 0 Å². The van der Waals surface area contributed by atoms with Crippen LogP contribution in [-0.2, 0) is 13.0 Å². The lowest BCUT2D eigenvalue weighted by Gasteiger charge is -2.29. The van der Waals surface area contributed by atoms with E-state index in [0.717, 1.165) is 29.9 Å². The molecule has 1 aliphatic heterocycles. The van der Waals surface area contributed by atoms with Gasteiger partial charge in [0.05, 0.1) is 6.54 Å². The van der Waals surface area contributed by atoms with Gasteiger partial charge in [-0.15, -0.1) is 0 Å². The van der Waals surface area contributed by atoms with E-state index < -0.39 is 0 Å². The van der Waals surface area contributed by atoms with Crippen LogP contribution in [0.3, 0.4) is 0 Å². The first-order valence-corrected chi connectivity index (χ1v) is 10.2. The Morgan fingerprint density at radius 1 is 1.00 bits per heavy atom. The molecular weight excluding hydrogens is 346 g/mol. The molecule has 0 unspecified atom stereocenters. The van der Waals surface area contributed by atoms with Crippen molar-refractivity contribution in [2.24, 2.45) is 0 Å². The third-order valence-corrected chi connectivity index (χ3v) is 5.77. The first-order chi connectivity index (χ1) is 13.5. The molecular formula is C24H29N3O. The minimum absolute atomic E-state index is 0.0145. The fraction of sp³-hybridized carbons (Fsp3) is 0.375. The maximum atomic E-state index is 13.1. The molecule has 3 aromatic rings. The van der Waals surface area contributed by atoms with E-state index in [0.29, 0.717) is 18.4 Å². The fourth-order valence-electron chi connectivity index (χ4n) is 4.25. The molecule has 0 fully saturated rings. The highest BCUT2D eigenvalue weighted by atomic mass is 16.2. The minimum Gasteiger partial charge on any atom is -0.357 e. The van der Waals surface area contributed by atoms with Crippen molar-refractivity contribution in [3.05, 3.63) is 64.8 Å². The van der Waals surface area contributed by atoms with Crippen LogP contribution in [0, 0.1) is 0 Å². The molecule has 28 heavy (non-hydrogen) atoms. The summed E-state index contributed by atoms with van der Waals surface area (Å²) in [6.45, 7) is 10.1. The summed E-state index contributed by atoms with van der Waals surface area (Å²) in [5, 5.41) is 4.53. The number of amides is 2. The number of rotatable bonds is 3. The third-order valence-electron chi connectivity index (χ3n) is 5.77. The number of carbonyl (C=O) groups is 1. The lowest BCUT2D eigenvalue weighted by atomic mass is 9.92. The number of urea groups is 1. The predicted molar refractivity (Wildman–Crippen MR) is 116 cm³/mol. The third kappa shape index (κ3) is 3.28. The summed E-state index contributed by atoms with van der Waals surface area (Å²) in [4.78, 5) is 18.6. The van der Waals surface area contributed by atoms with Gasteiger partial charge in [0.25, 0.3) is 0 Å². The Labute approximate surface area is 166 Å². The van der Waals surface area contributed by atoms with Crippen LogP contribution in [0.5, 0.6) is 0 Å². The number of para-hydroxylation sites is 2. The second kappa shape index (κ2) is 7.34. The van der Waals surface area contributed by atoms with Crippen LogP contribution in [-0.4, -0.2) is 22.5 Å². The van der Waals surface area contributed by atoms with Gasteiger partial charge in [-0.05, 0) is 41.0 Å². The molecule has 4 nitrogen and oxygen atoms in total. The highest BCUT2D eigenvalue weighted by molar-refractivity contribution is 5.92. The topological polar surface area (TPSA) is 48.1 Å². The minimum atomic E-state index is -0.0145. The predicted octanol–water partition coefficient (Wildman–Crippen LogP) is 6.00. The van der Waals surface area contributed by atoms with Crippen molar-refractivity contribution in [3.63, 3.8) is 0 Å². The summed E-state index contributed by atoms with van der Waals surface area (Å²) in [5.41, 5.74) is 7.04. The monoisotopic (exact) mass is 375 g/mol. The molecule has 2 N–H and O–H groups in total. The zero-order valence-electron chi connectivity index (χ0n) is 17.2. The number of aromatic amines is 1. The van der Waals surface area contributed by atoms with Gasteiger partial charge in [0, 0.05) is 28.8 Å². The first kappa shape index (κ1) is 18.6. The lowest BCUT2D eigenvalue weighted by Crippen LogP contribution is -2.39. The number of aromatic nitrogens is 1. The van der Waals surface area contributed by atoms with Crippen molar-refractivity contribution in [1.82, 2.24) is 9.88 Å². The zero-order valence-corrected chi connectivity index (χ0v) is 17.2. The van der Waals surface area contributed by atoms with Crippen LogP contribution in [0.4, 0.5) is 10.5 Å². The first-order valence-electron chi connectivity index (χ1n) is 10.2. The number of anilines is 1. The molecule has 0 bridgehead atoms. The van der Waals surface area contributed by atoms with Crippen molar-refractivity contribution < 1.29 is 4.79 Å². The molecule has 0 radical (unpaired) electrons. The Balaban J connectivity index is 1.60. The zero-order chi connectivity index (χ0) is 19.8. The van der Waals surface area contributed by atoms with Crippen LogP contribution >= 0.6 is 0 Å². The number of hydrogen-bond donors (Lipinski definition) is 2. The Bertz CT molecular complexity index is 990. The average Bonchev–Trinajstić information content (AvgIpc) is 3.05. The summed E-state index contributed by atoms with van der Waals surface area (Å²) in [6.07, 6.45) is 0.885. The summed E-state index contributed by atoms with van der Waals surface area (Å²) in [5.74, 6) is 0.714. The summed E-state index contributed by atoms with van der Waals surface area (Å²) in [7, 11) is 0. The SMILES string of the molecule is CC(C)c1cccc(C(C)C)c1NC(=O)N1CCc2c([nH]c3ccccc23)C1.